The van der Waals surface area contributed by atoms with Crippen molar-refractivity contribution in [2.75, 3.05) is 20.0 Å². The molecule has 1 aromatic rings. The first-order chi connectivity index (χ1) is 8.36. The van der Waals surface area contributed by atoms with Crippen molar-refractivity contribution in [3.05, 3.63) is 23.8 Å². The summed E-state index contributed by atoms with van der Waals surface area (Å²) < 4.78 is 15.9. The van der Waals surface area contributed by atoms with Gasteiger partial charge in [-0.2, -0.15) is 0 Å². The summed E-state index contributed by atoms with van der Waals surface area (Å²) in [6.07, 6.45) is 1.85. The van der Waals surface area contributed by atoms with Crippen LogP contribution in [0.2, 0.25) is 0 Å². The minimum absolute atomic E-state index is 0.0282. The first-order valence-corrected chi connectivity index (χ1v) is 5.78. The SMILES string of the molecule is O=C[C@H]1COC[C@@H]1Cc1ccc2c(c1)OCO2. The third kappa shape index (κ3) is 2.00. The van der Waals surface area contributed by atoms with Crippen molar-refractivity contribution >= 4 is 6.29 Å². The Balaban J connectivity index is 1.74. The van der Waals surface area contributed by atoms with E-state index < -0.39 is 0 Å². The number of benzene rings is 1. The largest absolute Gasteiger partial charge is 0.454 e. The maximum absolute atomic E-state index is 10.9. The van der Waals surface area contributed by atoms with Crippen molar-refractivity contribution in [1.29, 1.82) is 0 Å². The number of carbonyl (C=O) groups is 1. The molecule has 1 saturated heterocycles. The molecule has 0 aromatic heterocycles. The molecule has 17 heavy (non-hydrogen) atoms. The Kier molecular flexibility index (Phi) is 2.73. The van der Waals surface area contributed by atoms with Crippen LogP contribution in [0.1, 0.15) is 5.56 Å². The van der Waals surface area contributed by atoms with Gasteiger partial charge in [0.05, 0.1) is 13.2 Å². The van der Waals surface area contributed by atoms with Crippen LogP contribution in [-0.2, 0) is 16.0 Å². The third-order valence-corrected chi connectivity index (χ3v) is 3.36. The molecule has 0 saturated carbocycles. The second-order valence-electron chi connectivity index (χ2n) is 4.49. The Morgan fingerprint density at radius 1 is 1.24 bits per heavy atom. The van der Waals surface area contributed by atoms with E-state index in [-0.39, 0.29) is 11.8 Å². The predicted molar refractivity (Wildman–Crippen MR) is 60.1 cm³/mol. The third-order valence-electron chi connectivity index (χ3n) is 3.36. The molecule has 2 aliphatic rings. The Bertz CT molecular complexity index is 429. The van der Waals surface area contributed by atoms with Crippen LogP contribution in [-0.4, -0.2) is 26.3 Å². The average molecular weight is 234 g/mol. The normalized spacial score (nSPS) is 26.1. The number of fused-ring (bicyclic) bond motifs is 1. The van der Waals surface area contributed by atoms with E-state index in [0.29, 0.717) is 20.0 Å². The number of rotatable bonds is 3. The first-order valence-electron chi connectivity index (χ1n) is 5.78. The monoisotopic (exact) mass is 234 g/mol. The van der Waals surface area contributed by atoms with Crippen molar-refractivity contribution in [2.45, 2.75) is 6.42 Å². The Morgan fingerprint density at radius 2 is 2.12 bits per heavy atom. The highest BCUT2D eigenvalue weighted by molar-refractivity contribution is 5.55. The standard InChI is InChI=1S/C13H14O4/c14-5-11-7-15-6-10(11)3-9-1-2-12-13(4-9)17-8-16-12/h1-2,4-5,10-11H,3,6-8H2/t10-,11-/m0/s1. The van der Waals surface area contributed by atoms with Crippen LogP contribution < -0.4 is 9.47 Å². The Labute approximate surface area is 99.5 Å². The number of hydrogen-bond acceptors (Lipinski definition) is 4. The zero-order valence-electron chi connectivity index (χ0n) is 9.43. The van der Waals surface area contributed by atoms with Gasteiger partial charge < -0.3 is 19.0 Å². The van der Waals surface area contributed by atoms with Gasteiger partial charge in [-0.1, -0.05) is 6.07 Å². The minimum atomic E-state index is 0.0282. The maximum atomic E-state index is 10.9. The van der Waals surface area contributed by atoms with E-state index in [1.165, 1.54) is 0 Å². The van der Waals surface area contributed by atoms with Crippen LogP contribution in [0.15, 0.2) is 18.2 Å². The van der Waals surface area contributed by atoms with E-state index in [0.717, 1.165) is 29.8 Å². The Hall–Kier alpha value is -1.55. The molecule has 1 fully saturated rings. The highest BCUT2D eigenvalue weighted by Gasteiger charge is 2.28. The van der Waals surface area contributed by atoms with Gasteiger partial charge in [0.2, 0.25) is 6.79 Å². The summed E-state index contributed by atoms with van der Waals surface area (Å²) in [5.74, 6) is 1.90. The summed E-state index contributed by atoms with van der Waals surface area (Å²) >= 11 is 0. The van der Waals surface area contributed by atoms with Crippen molar-refractivity contribution in [3.8, 4) is 11.5 Å². The van der Waals surface area contributed by atoms with Gasteiger partial charge in [0.25, 0.3) is 0 Å². The highest BCUT2D eigenvalue weighted by atomic mass is 16.7. The molecule has 4 nitrogen and oxygen atoms in total. The lowest BCUT2D eigenvalue weighted by molar-refractivity contribution is -0.111. The van der Waals surface area contributed by atoms with Gasteiger partial charge in [0.1, 0.15) is 6.29 Å². The summed E-state index contributed by atoms with van der Waals surface area (Å²) in [6, 6.07) is 5.93. The fourth-order valence-electron chi connectivity index (χ4n) is 2.35. The molecular weight excluding hydrogens is 220 g/mol. The van der Waals surface area contributed by atoms with Crippen molar-refractivity contribution in [1.82, 2.24) is 0 Å². The lowest BCUT2D eigenvalue weighted by atomic mass is 9.90. The minimum Gasteiger partial charge on any atom is -0.454 e. The number of ether oxygens (including phenoxy) is 3. The summed E-state index contributed by atoms with van der Waals surface area (Å²) in [5, 5.41) is 0. The lowest BCUT2D eigenvalue weighted by Crippen LogP contribution is -2.16. The van der Waals surface area contributed by atoms with Gasteiger partial charge in [-0.15, -0.1) is 0 Å². The molecule has 90 valence electrons. The second kappa shape index (κ2) is 4.37. The van der Waals surface area contributed by atoms with Gasteiger partial charge in [0.15, 0.2) is 11.5 Å². The molecule has 0 spiro atoms. The lowest BCUT2D eigenvalue weighted by Gasteiger charge is -2.12. The summed E-state index contributed by atoms with van der Waals surface area (Å²) in [6.45, 7) is 1.51. The fourth-order valence-corrected chi connectivity index (χ4v) is 2.35. The van der Waals surface area contributed by atoms with E-state index in [1.54, 1.807) is 0 Å². The van der Waals surface area contributed by atoms with Gasteiger partial charge in [0, 0.05) is 5.92 Å². The fraction of sp³-hybridized carbons (Fsp3) is 0.462. The van der Waals surface area contributed by atoms with Crippen LogP contribution in [0.25, 0.3) is 0 Å². The van der Waals surface area contributed by atoms with Crippen molar-refractivity contribution in [2.24, 2.45) is 11.8 Å². The molecule has 0 unspecified atom stereocenters. The van der Waals surface area contributed by atoms with E-state index >= 15 is 0 Å². The van der Waals surface area contributed by atoms with Crippen molar-refractivity contribution in [3.63, 3.8) is 0 Å². The molecule has 2 heterocycles. The molecule has 2 aliphatic heterocycles. The number of aldehydes is 1. The van der Waals surface area contributed by atoms with Gasteiger partial charge in [-0.3, -0.25) is 0 Å². The molecule has 0 bridgehead atoms. The van der Waals surface area contributed by atoms with Crippen LogP contribution in [0.5, 0.6) is 11.5 Å². The molecule has 3 rings (SSSR count). The summed E-state index contributed by atoms with van der Waals surface area (Å²) in [4.78, 5) is 10.9. The molecule has 0 aliphatic carbocycles. The van der Waals surface area contributed by atoms with E-state index in [9.17, 15) is 4.79 Å². The second-order valence-corrected chi connectivity index (χ2v) is 4.49. The van der Waals surface area contributed by atoms with E-state index in [4.69, 9.17) is 14.2 Å². The molecule has 2 atom stereocenters. The highest BCUT2D eigenvalue weighted by Crippen LogP contribution is 2.34. The first kappa shape index (κ1) is 10.6. The molecular formula is C13H14O4. The van der Waals surface area contributed by atoms with Crippen LogP contribution in [0, 0.1) is 11.8 Å². The quantitative estimate of drug-likeness (QED) is 0.742. The van der Waals surface area contributed by atoms with E-state index in [1.807, 2.05) is 18.2 Å². The van der Waals surface area contributed by atoms with Crippen LogP contribution in [0.4, 0.5) is 0 Å². The average Bonchev–Trinajstić information content (AvgIpc) is 2.96. The zero-order chi connectivity index (χ0) is 11.7. The smallest absolute Gasteiger partial charge is 0.231 e. The van der Waals surface area contributed by atoms with Gasteiger partial charge in [-0.05, 0) is 30.0 Å². The molecule has 1 aromatic carbocycles. The Morgan fingerprint density at radius 3 is 3.00 bits per heavy atom. The number of hydrogen-bond donors (Lipinski definition) is 0. The molecule has 4 heteroatoms. The summed E-state index contributed by atoms with van der Waals surface area (Å²) in [5.41, 5.74) is 1.16. The zero-order valence-corrected chi connectivity index (χ0v) is 9.43. The van der Waals surface area contributed by atoms with Gasteiger partial charge in [-0.25, -0.2) is 0 Å². The topological polar surface area (TPSA) is 44.8 Å². The molecule has 0 amide bonds. The van der Waals surface area contributed by atoms with Gasteiger partial charge >= 0.3 is 0 Å². The molecule has 0 N–H and O–H groups in total. The van der Waals surface area contributed by atoms with Crippen LogP contribution in [0.3, 0.4) is 0 Å². The van der Waals surface area contributed by atoms with E-state index in [2.05, 4.69) is 0 Å². The maximum Gasteiger partial charge on any atom is 0.231 e. The number of carbonyl (C=O) groups excluding carboxylic acids is 1. The van der Waals surface area contributed by atoms with Crippen molar-refractivity contribution < 1.29 is 19.0 Å². The summed E-state index contributed by atoms with van der Waals surface area (Å²) in [7, 11) is 0. The molecule has 0 radical (unpaired) electrons. The predicted octanol–water partition coefficient (Wildman–Crippen LogP) is 1.42. The van der Waals surface area contributed by atoms with Crippen LogP contribution >= 0.6 is 0 Å².